The van der Waals surface area contributed by atoms with Gasteiger partial charge in [0.25, 0.3) is 0 Å². The lowest BCUT2D eigenvalue weighted by Gasteiger charge is -2.29. The minimum absolute atomic E-state index is 0.590. The fourth-order valence-corrected chi connectivity index (χ4v) is 3.80. The van der Waals surface area contributed by atoms with Gasteiger partial charge in [0.1, 0.15) is 0 Å². The molecule has 144 valence electrons. The summed E-state index contributed by atoms with van der Waals surface area (Å²) in [6.45, 7) is 9.22. The summed E-state index contributed by atoms with van der Waals surface area (Å²) in [6, 6.07) is 1.19. The van der Waals surface area contributed by atoms with Crippen LogP contribution in [0.15, 0.2) is 0 Å². The Kier molecular flexibility index (Phi) is 12.8. The van der Waals surface area contributed by atoms with Crippen molar-refractivity contribution in [2.24, 2.45) is 11.8 Å². The summed E-state index contributed by atoms with van der Waals surface area (Å²) in [5, 5.41) is 14.3. The van der Waals surface area contributed by atoms with Crippen LogP contribution in [0.4, 0.5) is 0 Å². The molecular weight excluding hydrogens is 296 g/mol. The second-order valence-corrected chi connectivity index (χ2v) is 7.81. The molecule has 0 bridgehead atoms. The fourth-order valence-electron chi connectivity index (χ4n) is 3.80. The summed E-state index contributed by atoms with van der Waals surface area (Å²) in [5.74, 6) is 1.66. The largest absolute Gasteiger partial charge is 0.320 e. The monoisotopic (exact) mass is 340 g/mol. The van der Waals surface area contributed by atoms with Crippen molar-refractivity contribution < 1.29 is 0 Å². The number of rotatable bonds is 15. The van der Waals surface area contributed by atoms with Gasteiger partial charge in [-0.1, -0.05) is 39.5 Å². The van der Waals surface area contributed by atoms with E-state index in [2.05, 4.69) is 42.2 Å². The van der Waals surface area contributed by atoms with Crippen molar-refractivity contribution in [1.82, 2.24) is 21.3 Å². The van der Waals surface area contributed by atoms with Gasteiger partial charge in [0, 0.05) is 25.2 Å². The second kappa shape index (κ2) is 14.1. The highest BCUT2D eigenvalue weighted by atomic mass is 15.0. The van der Waals surface area contributed by atoms with Crippen LogP contribution in [0.25, 0.3) is 0 Å². The van der Waals surface area contributed by atoms with Crippen LogP contribution < -0.4 is 21.3 Å². The van der Waals surface area contributed by atoms with Crippen molar-refractivity contribution in [3.63, 3.8) is 0 Å². The Bertz CT molecular complexity index is 279. The van der Waals surface area contributed by atoms with Gasteiger partial charge in [-0.2, -0.15) is 0 Å². The summed E-state index contributed by atoms with van der Waals surface area (Å²) in [6.07, 6.45) is 10.8. The van der Waals surface area contributed by atoms with Gasteiger partial charge in [-0.3, -0.25) is 0 Å². The van der Waals surface area contributed by atoms with Gasteiger partial charge in [0.05, 0.1) is 0 Å². The first-order valence-electron chi connectivity index (χ1n) is 10.5. The fraction of sp³-hybridized carbons (Fsp3) is 1.00. The van der Waals surface area contributed by atoms with Crippen molar-refractivity contribution >= 4 is 0 Å². The molecule has 1 aliphatic rings. The molecule has 0 amide bonds. The predicted octanol–water partition coefficient (Wildman–Crippen LogP) is 2.75. The molecule has 24 heavy (non-hydrogen) atoms. The number of unbranched alkanes of at least 4 members (excludes halogenated alkanes) is 1. The van der Waals surface area contributed by atoms with Crippen LogP contribution in [0, 0.1) is 11.8 Å². The van der Waals surface area contributed by atoms with E-state index < -0.39 is 0 Å². The zero-order valence-electron chi connectivity index (χ0n) is 16.8. The van der Waals surface area contributed by atoms with E-state index in [0.29, 0.717) is 12.1 Å². The molecule has 4 heteroatoms. The molecule has 0 aromatic carbocycles. The van der Waals surface area contributed by atoms with Gasteiger partial charge < -0.3 is 21.3 Å². The molecule has 1 fully saturated rings. The Morgan fingerprint density at radius 2 is 1.71 bits per heavy atom. The normalized spacial score (nSPS) is 19.5. The van der Waals surface area contributed by atoms with E-state index in [1.165, 1.54) is 57.9 Å². The third-order valence-electron chi connectivity index (χ3n) is 5.78. The maximum absolute atomic E-state index is 3.89. The lowest BCUT2D eigenvalue weighted by Crippen LogP contribution is -2.49. The average molecular weight is 341 g/mol. The van der Waals surface area contributed by atoms with Crippen molar-refractivity contribution in [1.29, 1.82) is 0 Å². The molecule has 1 rings (SSSR count). The molecule has 3 atom stereocenters. The smallest absolute Gasteiger partial charge is 0.0218 e. The van der Waals surface area contributed by atoms with Gasteiger partial charge in [-0.25, -0.2) is 0 Å². The van der Waals surface area contributed by atoms with Crippen molar-refractivity contribution in [3.05, 3.63) is 0 Å². The van der Waals surface area contributed by atoms with Gasteiger partial charge in [0.15, 0.2) is 0 Å². The van der Waals surface area contributed by atoms with Crippen LogP contribution in [-0.4, -0.2) is 52.4 Å². The molecule has 0 saturated heterocycles. The van der Waals surface area contributed by atoms with E-state index in [0.717, 1.165) is 31.5 Å². The Morgan fingerprint density at radius 1 is 0.958 bits per heavy atom. The highest BCUT2D eigenvalue weighted by Gasteiger charge is 2.20. The van der Waals surface area contributed by atoms with Crippen LogP contribution in [0.5, 0.6) is 0 Å². The number of hydrogen-bond acceptors (Lipinski definition) is 4. The maximum Gasteiger partial charge on any atom is 0.0218 e. The molecule has 1 saturated carbocycles. The first-order valence-corrected chi connectivity index (χ1v) is 10.5. The minimum Gasteiger partial charge on any atom is -0.320 e. The van der Waals surface area contributed by atoms with Gasteiger partial charge in [0.2, 0.25) is 0 Å². The summed E-state index contributed by atoms with van der Waals surface area (Å²) in [4.78, 5) is 0. The zero-order valence-corrected chi connectivity index (χ0v) is 16.8. The molecule has 0 aromatic heterocycles. The molecular formula is C20H44N4. The summed E-state index contributed by atoms with van der Waals surface area (Å²) < 4.78 is 0. The van der Waals surface area contributed by atoms with Crippen molar-refractivity contribution in [2.45, 2.75) is 77.3 Å². The van der Waals surface area contributed by atoms with E-state index >= 15 is 0 Å². The van der Waals surface area contributed by atoms with Gasteiger partial charge >= 0.3 is 0 Å². The number of hydrogen-bond donors (Lipinski definition) is 4. The molecule has 0 unspecified atom stereocenters. The number of likely N-dealkylation sites (N-methyl/N-ethyl adjacent to an activating group) is 1. The zero-order chi connectivity index (χ0) is 17.6. The first kappa shape index (κ1) is 21.9. The summed E-state index contributed by atoms with van der Waals surface area (Å²) >= 11 is 0. The number of nitrogens with one attached hydrogen (secondary N) is 4. The van der Waals surface area contributed by atoms with Crippen LogP contribution >= 0.6 is 0 Å². The van der Waals surface area contributed by atoms with Crippen molar-refractivity contribution in [3.8, 4) is 0 Å². The lowest BCUT2D eigenvalue weighted by atomic mass is 9.97. The molecule has 0 spiro atoms. The van der Waals surface area contributed by atoms with Gasteiger partial charge in [-0.05, 0) is 64.7 Å². The van der Waals surface area contributed by atoms with E-state index in [1.54, 1.807) is 0 Å². The Labute approximate surface area is 151 Å². The highest BCUT2D eigenvalue weighted by molar-refractivity contribution is 4.81. The molecule has 0 heterocycles. The van der Waals surface area contributed by atoms with E-state index in [4.69, 9.17) is 0 Å². The van der Waals surface area contributed by atoms with Crippen LogP contribution in [-0.2, 0) is 0 Å². The molecule has 0 aliphatic heterocycles. The standard InChI is InChI=1S/C20H44N4/c1-5-17(2)20(24-14-18-10-6-7-11-18)16-23-19(15-22-4)12-8-9-13-21-3/h17-24H,5-16H2,1-4H3/t17-,19+,20+/m0/s1. The Morgan fingerprint density at radius 3 is 2.33 bits per heavy atom. The average Bonchev–Trinajstić information content (AvgIpc) is 3.11. The molecule has 0 radical (unpaired) electrons. The topological polar surface area (TPSA) is 48.1 Å². The van der Waals surface area contributed by atoms with E-state index in [9.17, 15) is 0 Å². The Balaban J connectivity index is 2.35. The molecule has 4 nitrogen and oxygen atoms in total. The van der Waals surface area contributed by atoms with Gasteiger partial charge in [-0.15, -0.1) is 0 Å². The quantitative estimate of drug-likeness (QED) is 0.346. The van der Waals surface area contributed by atoms with E-state index in [1.807, 2.05) is 7.05 Å². The molecule has 1 aliphatic carbocycles. The lowest BCUT2D eigenvalue weighted by molar-refractivity contribution is 0.310. The second-order valence-electron chi connectivity index (χ2n) is 7.81. The third kappa shape index (κ3) is 9.36. The van der Waals surface area contributed by atoms with Crippen LogP contribution in [0.1, 0.15) is 65.2 Å². The molecule has 4 N–H and O–H groups in total. The Hall–Kier alpha value is -0.160. The first-order chi connectivity index (χ1) is 11.7. The highest BCUT2D eigenvalue weighted by Crippen LogP contribution is 2.24. The van der Waals surface area contributed by atoms with Crippen LogP contribution in [0.3, 0.4) is 0 Å². The predicted molar refractivity (Wildman–Crippen MR) is 107 cm³/mol. The SMILES string of the molecule is CC[C@H](C)[C@@H](CN[C@H](CCCCNC)CNC)NCC1CCCC1. The van der Waals surface area contributed by atoms with Crippen LogP contribution in [0.2, 0.25) is 0 Å². The van der Waals surface area contributed by atoms with Crippen molar-refractivity contribution in [2.75, 3.05) is 40.3 Å². The third-order valence-corrected chi connectivity index (χ3v) is 5.78. The summed E-state index contributed by atoms with van der Waals surface area (Å²) in [5.41, 5.74) is 0. The van der Waals surface area contributed by atoms with E-state index in [-0.39, 0.29) is 0 Å². The minimum atomic E-state index is 0.590. The summed E-state index contributed by atoms with van der Waals surface area (Å²) in [7, 11) is 4.10. The maximum atomic E-state index is 3.89. The molecule has 0 aromatic rings.